The van der Waals surface area contributed by atoms with Gasteiger partial charge < -0.3 is 5.32 Å². The minimum Gasteiger partial charge on any atom is -0.310 e. The van der Waals surface area contributed by atoms with Crippen molar-refractivity contribution in [3.05, 3.63) is 35.4 Å². The van der Waals surface area contributed by atoms with E-state index >= 15 is 0 Å². The molecule has 1 aromatic carbocycles. The molecule has 0 heterocycles. The van der Waals surface area contributed by atoms with Crippen molar-refractivity contribution in [2.75, 3.05) is 0 Å². The Hall–Kier alpha value is -0.820. The summed E-state index contributed by atoms with van der Waals surface area (Å²) in [5.74, 6) is 0. The van der Waals surface area contributed by atoms with Crippen LogP contribution in [0.5, 0.6) is 0 Å². The smallest absolute Gasteiger partial charge is 0.0210 e. The molecule has 1 aromatic rings. The molecule has 0 aliphatic heterocycles. The maximum absolute atomic E-state index is 3.71. The quantitative estimate of drug-likeness (QED) is 0.811. The molecule has 0 saturated heterocycles. The van der Waals surface area contributed by atoms with Crippen molar-refractivity contribution in [2.24, 2.45) is 0 Å². The van der Waals surface area contributed by atoms with Gasteiger partial charge >= 0.3 is 0 Å². The van der Waals surface area contributed by atoms with E-state index in [2.05, 4.69) is 36.5 Å². The van der Waals surface area contributed by atoms with Crippen molar-refractivity contribution >= 4 is 0 Å². The van der Waals surface area contributed by atoms with Gasteiger partial charge in [-0.1, -0.05) is 50.5 Å². The van der Waals surface area contributed by atoms with Gasteiger partial charge in [-0.25, -0.2) is 0 Å². The molecule has 0 aromatic heterocycles. The van der Waals surface area contributed by atoms with Crippen LogP contribution < -0.4 is 5.32 Å². The van der Waals surface area contributed by atoms with Crippen molar-refractivity contribution < 1.29 is 0 Å². The summed E-state index contributed by atoms with van der Waals surface area (Å²) in [7, 11) is 0. The standard InChI is InChI=1S/C15H23N/c1-2-13-8-6-7-9-14(13)12-16-15-10-4-3-5-11-15/h6-9,15-16H,2-5,10-12H2,1H3. The second kappa shape index (κ2) is 6.05. The summed E-state index contributed by atoms with van der Waals surface area (Å²) in [5, 5.41) is 3.71. The van der Waals surface area contributed by atoms with E-state index in [1.807, 2.05) is 0 Å². The molecule has 1 aliphatic rings. The van der Waals surface area contributed by atoms with E-state index in [0.29, 0.717) is 0 Å². The molecule has 2 rings (SSSR count). The number of rotatable bonds is 4. The van der Waals surface area contributed by atoms with Gasteiger partial charge in [-0.05, 0) is 30.4 Å². The summed E-state index contributed by atoms with van der Waals surface area (Å²) >= 11 is 0. The molecule has 0 spiro atoms. The summed E-state index contributed by atoms with van der Waals surface area (Å²) in [6.45, 7) is 3.29. The fraction of sp³-hybridized carbons (Fsp3) is 0.600. The fourth-order valence-electron chi connectivity index (χ4n) is 2.64. The topological polar surface area (TPSA) is 12.0 Å². The van der Waals surface area contributed by atoms with E-state index in [1.165, 1.54) is 43.2 Å². The molecular weight excluding hydrogens is 194 g/mol. The molecule has 1 heteroatoms. The van der Waals surface area contributed by atoms with Gasteiger partial charge in [0.2, 0.25) is 0 Å². The van der Waals surface area contributed by atoms with E-state index < -0.39 is 0 Å². The number of hydrogen-bond donors (Lipinski definition) is 1. The summed E-state index contributed by atoms with van der Waals surface area (Å²) in [4.78, 5) is 0. The highest BCUT2D eigenvalue weighted by molar-refractivity contribution is 5.26. The second-order valence-corrected chi connectivity index (χ2v) is 4.84. The Bertz CT molecular complexity index is 313. The van der Waals surface area contributed by atoms with Gasteiger partial charge in [0.25, 0.3) is 0 Å². The van der Waals surface area contributed by atoms with Gasteiger partial charge in [0.1, 0.15) is 0 Å². The zero-order chi connectivity index (χ0) is 11.2. The van der Waals surface area contributed by atoms with Crippen LogP contribution in [0.3, 0.4) is 0 Å². The normalized spacial score (nSPS) is 17.6. The van der Waals surface area contributed by atoms with Crippen LogP contribution >= 0.6 is 0 Å². The number of aryl methyl sites for hydroxylation is 1. The Morgan fingerprint density at radius 1 is 1.06 bits per heavy atom. The van der Waals surface area contributed by atoms with E-state index in [4.69, 9.17) is 0 Å². The van der Waals surface area contributed by atoms with Gasteiger partial charge in [0.15, 0.2) is 0 Å². The summed E-state index contributed by atoms with van der Waals surface area (Å²) < 4.78 is 0. The minimum atomic E-state index is 0.763. The average Bonchev–Trinajstić information content (AvgIpc) is 2.38. The lowest BCUT2D eigenvalue weighted by Gasteiger charge is -2.23. The van der Waals surface area contributed by atoms with Crippen LogP contribution in [0.15, 0.2) is 24.3 Å². The molecule has 0 bridgehead atoms. The largest absolute Gasteiger partial charge is 0.310 e. The highest BCUT2D eigenvalue weighted by Gasteiger charge is 2.12. The SMILES string of the molecule is CCc1ccccc1CNC1CCCCC1. The molecule has 0 amide bonds. The first-order chi connectivity index (χ1) is 7.90. The lowest BCUT2D eigenvalue weighted by Crippen LogP contribution is -2.30. The van der Waals surface area contributed by atoms with Crippen LogP contribution in [-0.4, -0.2) is 6.04 Å². The Balaban J connectivity index is 1.88. The molecule has 16 heavy (non-hydrogen) atoms. The Morgan fingerprint density at radius 2 is 1.75 bits per heavy atom. The van der Waals surface area contributed by atoms with Crippen LogP contribution in [0.1, 0.15) is 50.2 Å². The molecular formula is C15H23N. The molecule has 0 atom stereocenters. The first kappa shape index (κ1) is 11.7. The van der Waals surface area contributed by atoms with Crippen LogP contribution in [0.4, 0.5) is 0 Å². The Kier molecular flexibility index (Phi) is 4.41. The lowest BCUT2D eigenvalue weighted by atomic mass is 9.95. The van der Waals surface area contributed by atoms with Gasteiger partial charge in [-0.2, -0.15) is 0 Å². The Morgan fingerprint density at radius 3 is 2.44 bits per heavy atom. The van der Waals surface area contributed by atoms with Crippen LogP contribution in [0.2, 0.25) is 0 Å². The minimum absolute atomic E-state index is 0.763. The number of hydrogen-bond acceptors (Lipinski definition) is 1. The van der Waals surface area contributed by atoms with Crippen molar-refractivity contribution in [3.8, 4) is 0 Å². The van der Waals surface area contributed by atoms with E-state index in [1.54, 1.807) is 0 Å². The summed E-state index contributed by atoms with van der Waals surface area (Å²) in [6, 6.07) is 9.56. The highest BCUT2D eigenvalue weighted by atomic mass is 14.9. The number of benzene rings is 1. The van der Waals surface area contributed by atoms with E-state index in [0.717, 1.165) is 19.0 Å². The first-order valence-electron chi connectivity index (χ1n) is 6.70. The highest BCUT2D eigenvalue weighted by Crippen LogP contribution is 2.18. The van der Waals surface area contributed by atoms with Crippen LogP contribution in [0.25, 0.3) is 0 Å². The van der Waals surface area contributed by atoms with Crippen LogP contribution in [-0.2, 0) is 13.0 Å². The third kappa shape index (κ3) is 3.08. The molecule has 0 radical (unpaired) electrons. The van der Waals surface area contributed by atoms with Gasteiger partial charge in [-0.3, -0.25) is 0 Å². The van der Waals surface area contributed by atoms with Crippen molar-refractivity contribution in [1.29, 1.82) is 0 Å². The van der Waals surface area contributed by atoms with E-state index in [9.17, 15) is 0 Å². The molecule has 1 fully saturated rings. The second-order valence-electron chi connectivity index (χ2n) is 4.84. The van der Waals surface area contributed by atoms with Gasteiger partial charge in [0, 0.05) is 12.6 Å². The maximum Gasteiger partial charge on any atom is 0.0210 e. The predicted octanol–water partition coefficient (Wildman–Crippen LogP) is 3.67. The molecule has 1 N–H and O–H groups in total. The van der Waals surface area contributed by atoms with E-state index in [-0.39, 0.29) is 0 Å². The van der Waals surface area contributed by atoms with Crippen molar-refractivity contribution in [1.82, 2.24) is 5.32 Å². The Labute approximate surface area is 99.3 Å². The van der Waals surface area contributed by atoms with Crippen molar-refractivity contribution in [2.45, 2.75) is 58.0 Å². The van der Waals surface area contributed by atoms with Crippen molar-refractivity contribution in [3.63, 3.8) is 0 Å². The summed E-state index contributed by atoms with van der Waals surface area (Å²) in [6.07, 6.45) is 8.13. The molecule has 1 nitrogen and oxygen atoms in total. The average molecular weight is 217 g/mol. The number of nitrogens with one attached hydrogen (secondary N) is 1. The molecule has 1 saturated carbocycles. The maximum atomic E-state index is 3.71. The fourth-order valence-corrected chi connectivity index (χ4v) is 2.64. The van der Waals surface area contributed by atoms with Crippen LogP contribution in [0, 0.1) is 0 Å². The lowest BCUT2D eigenvalue weighted by molar-refractivity contribution is 0.372. The summed E-state index contributed by atoms with van der Waals surface area (Å²) in [5.41, 5.74) is 2.97. The monoisotopic (exact) mass is 217 g/mol. The molecule has 1 aliphatic carbocycles. The molecule has 0 unspecified atom stereocenters. The predicted molar refractivity (Wildman–Crippen MR) is 69.5 cm³/mol. The third-order valence-electron chi connectivity index (χ3n) is 3.69. The molecule has 88 valence electrons. The first-order valence-corrected chi connectivity index (χ1v) is 6.70. The van der Waals surface area contributed by atoms with Gasteiger partial charge in [-0.15, -0.1) is 0 Å². The van der Waals surface area contributed by atoms with Gasteiger partial charge in [0.05, 0.1) is 0 Å². The zero-order valence-corrected chi connectivity index (χ0v) is 10.3. The third-order valence-corrected chi connectivity index (χ3v) is 3.69. The zero-order valence-electron chi connectivity index (χ0n) is 10.3.